The summed E-state index contributed by atoms with van der Waals surface area (Å²) in [7, 11) is 0. The van der Waals surface area contributed by atoms with Crippen molar-refractivity contribution in [3.05, 3.63) is 30.3 Å². The second-order valence-electron chi connectivity index (χ2n) is 4.70. The van der Waals surface area contributed by atoms with Gasteiger partial charge in [0.25, 0.3) is 0 Å². The van der Waals surface area contributed by atoms with Crippen molar-refractivity contribution < 1.29 is 4.79 Å². The van der Waals surface area contributed by atoms with E-state index in [0.717, 1.165) is 31.4 Å². The van der Waals surface area contributed by atoms with Gasteiger partial charge in [0.15, 0.2) is 5.66 Å². The molecule has 3 rings (SSSR count). The molecular formula is C13H15N3O. The number of urea groups is 1. The van der Waals surface area contributed by atoms with E-state index in [1.807, 2.05) is 30.3 Å². The van der Waals surface area contributed by atoms with Crippen LogP contribution in [0.5, 0.6) is 0 Å². The van der Waals surface area contributed by atoms with Crippen molar-refractivity contribution >= 4 is 11.7 Å². The number of benzene rings is 1. The zero-order valence-corrected chi connectivity index (χ0v) is 9.67. The third-order valence-electron chi connectivity index (χ3n) is 3.60. The van der Waals surface area contributed by atoms with Gasteiger partial charge >= 0.3 is 6.03 Å². The highest BCUT2D eigenvalue weighted by molar-refractivity contribution is 5.95. The van der Waals surface area contributed by atoms with Gasteiger partial charge in [-0.25, -0.2) is 4.79 Å². The highest BCUT2D eigenvalue weighted by Crippen LogP contribution is 2.41. The van der Waals surface area contributed by atoms with Gasteiger partial charge in [-0.1, -0.05) is 29.7 Å². The smallest absolute Gasteiger partial charge is 0.264 e. The molecule has 2 amide bonds. The maximum Gasteiger partial charge on any atom is 0.368 e. The minimum atomic E-state index is -0.392. The van der Waals surface area contributed by atoms with Gasteiger partial charge in [-0.15, -0.1) is 0 Å². The van der Waals surface area contributed by atoms with E-state index in [-0.39, 0.29) is 6.03 Å². The number of carbonyl (C=O) groups is 1. The van der Waals surface area contributed by atoms with E-state index in [0.29, 0.717) is 0 Å². The lowest BCUT2D eigenvalue weighted by Crippen LogP contribution is -2.47. The SMILES string of the molecule is O=C1N=NC2(CCCCC2)N1c1ccccc1. The third kappa shape index (κ3) is 1.64. The Balaban J connectivity index is 1.99. The number of hydrogen-bond donors (Lipinski definition) is 0. The first-order valence-electron chi connectivity index (χ1n) is 6.14. The van der Waals surface area contributed by atoms with Gasteiger partial charge in [0, 0.05) is 5.69 Å². The van der Waals surface area contributed by atoms with Crippen molar-refractivity contribution in [3.63, 3.8) is 0 Å². The molecule has 1 aliphatic heterocycles. The Hall–Kier alpha value is -1.71. The van der Waals surface area contributed by atoms with Crippen molar-refractivity contribution in [2.75, 3.05) is 4.90 Å². The summed E-state index contributed by atoms with van der Waals surface area (Å²) in [5.74, 6) is 0. The predicted octanol–water partition coefficient (Wildman–Crippen LogP) is 3.74. The number of rotatable bonds is 1. The van der Waals surface area contributed by atoms with Crippen LogP contribution in [-0.4, -0.2) is 11.7 Å². The Labute approximate surface area is 100 Å². The average molecular weight is 229 g/mol. The van der Waals surface area contributed by atoms with Crippen molar-refractivity contribution in [2.24, 2.45) is 10.2 Å². The predicted molar refractivity (Wildman–Crippen MR) is 65.0 cm³/mol. The van der Waals surface area contributed by atoms with Gasteiger partial charge in [-0.2, -0.15) is 5.11 Å². The van der Waals surface area contributed by atoms with Crippen LogP contribution in [0.15, 0.2) is 40.6 Å². The minimum Gasteiger partial charge on any atom is -0.264 e. The van der Waals surface area contributed by atoms with E-state index in [2.05, 4.69) is 10.2 Å². The van der Waals surface area contributed by atoms with E-state index in [1.54, 1.807) is 4.90 Å². The molecule has 0 radical (unpaired) electrons. The normalized spacial score (nSPS) is 22.4. The fourth-order valence-corrected chi connectivity index (χ4v) is 2.77. The minimum absolute atomic E-state index is 0.224. The lowest BCUT2D eigenvalue weighted by atomic mass is 9.88. The lowest BCUT2D eigenvalue weighted by Gasteiger charge is -2.37. The number of anilines is 1. The molecule has 1 saturated carbocycles. The van der Waals surface area contributed by atoms with Crippen LogP contribution >= 0.6 is 0 Å². The molecular weight excluding hydrogens is 214 g/mol. The second-order valence-corrected chi connectivity index (χ2v) is 4.70. The van der Waals surface area contributed by atoms with E-state index in [1.165, 1.54) is 6.42 Å². The van der Waals surface area contributed by atoms with Gasteiger partial charge in [0.05, 0.1) is 0 Å². The fourth-order valence-electron chi connectivity index (χ4n) is 2.77. The molecule has 2 aliphatic rings. The van der Waals surface area contributed by atoms with Gasteiger partial charge in [-0.05, 0) is 37.8 Å². The molecule has 1 spiro atoms. The summed E-state index contributed by atoms with van der Waals surface area (Å²) in [6.45, 7) is 0. The number of nitrogens with zero attached hydrogens (tertiary/aromatic N) is 3. The number of para-hydroxylation sites is 1. The Morgan fingerprint density at radius 2 is 1.76 bits per heavy atom. The first-order chi connectivity index (χ1) is 8.32. The molecule has 0 aromatic heterocycles. The number of amides is 2. The van der Waals surface area contributed by atoms with Crippen molar-refractivity contribution in [3.8, 4) is 0 Å². The molecule has 0 atom stereocenters. The second kappa shape index (κ2) is 3.95. The van der Waals surface area contributed by atoms with Crippen LogP contribution in [0.1, 0.15) is 32.1 Å². The molecule has 4 nitrogen and oxygen atoms in total. The van der Waals surface area contributed by atoms with Crippen LogP contribution in [0.4, 0.5) is 10.5 Å². The summed E-state index contributed by atoms with van der Waals surface area (Å²) in [5.41, 5.74) is 0.515. The molecule has 0 N–H and O–H groups in total. The van der Waals surface area contributed by atoms with Crippen molar-refractivity contribution in [1.29, 1.82) is 0 Å². The Bertz CT molecular complexity index is 449. The maximum atomic E-state index is 11.9. The first-order valence-corrected chi connectivity index (χ1v) is 6.14. The van der Waals surface area contributed by atoms with Crippen LogP contribution < -0.4 is 4.90 Å². The number of azo groups is 1. The van der Waals surface area contributed by atoms with E-state index < -0.39 is 5.66 Å². The molecule has 0 unspecified atom stereocenters. The van der Waals surface area contributed by atoms with Crippen molar-refractivity contribution in [2.45, 2.75) is 37.8 Å². The molecule has 0 saturated heterocycles. The first kappa shape index (κ1) is 10.4. The van der Waals surface area contributed by atoms with E-state index in [9.17, 15) is 4.79 Å². The summed E-state index contributed by atoms with van der Waals surface area (Å²) in [5, 5.41) is 8.05. The van der Waals surface area contributed by atoms with Crippen LogP contribution in [0.3, 0.4) is 0 Å². The summed E-state index contributed by atoms with van der Waals surface area (Å²) < 4.78 is 0. The van der Waals surface area contributed by atoms with Crippen LogP contribution in [0.25, 0.3) is 0 Å². The Morgan fingerprint density at radius 3 is 2.47 bits per heavy atom. The molecule has 1 heterocycles. The Kier molecular flexibility index (Phi) is 2.42. The largest absolute Gasteiger partial charge is 0.368 e. The third-order valence-corrected chi connectivity index (χ3v) is 3.60. The maximum absolute atomic E-state index is 11.9. The van der Waals surface area contributed by atoms with Crippen LogP contribution in [0.2, 0.25) is 0 Å². The van der Waals surface area contributed by atoms with Gasteiger partial charge in [0.2, 0.25) is 0 Å². The van der Waals surface area contributed by atoms with Crippen LogP contribution in [-0.2, 0) is 0 Å². The average Bonchev–Trinajstić information content (AvgIpc) is 2.68. The summed E-state index contributed by atoms with van der Waals surface area (Å²) in [4.78, 5) is 13.7. The van der Waals surface area contributed by atoms with Gasteiger partial charge < -0.3 is 0 Å². The van der Waals surface area contributed by atoms with Gasteiger partial charge in [0.1, 0.15) is 0 Å². The zero-order chi connectivity index (χ0) is 11.7. The summed E-state index contributed by atoms with van der Waals surface area (Å²) >= 11 is 0. The monoisotopic (exact) mass is 229 g/mol. The lowest BCUT2D eigenvalue weighted by molar-refractivity contribution is 0.246. The fraction of sp³-hybridized carbons (Fsp3) is 0.462. The highest BCUT2D eigenvalue weighted by Gasteiger charge is 2.46. The molecule has 88 valence electrons. The van der Waals surface area contributed by atoms with Crippen molar-refractivity contribution in [1.82, 2.24) is 0 Å². The molecule has 1 aromatic carbocycles. The van der Waals surface area contributed by atoms with Gasteiger partial charge in [-0.3, -0.25) is 4.90 Å². The molecule has 4 heteroatoms. The number of carbonyl (C=O) groups excluding carboxylic acids is 1. The van der Waals surface area contributed by atoms with Crippen LogP contribution in [0, 0.1) is 0 Å². The van der Waals surface area contributed by atoms with E-state index >= 15 is 0 Å². The standard InChI is InChI=1S/C13H15N3O/c17-12-14-15-13(9-5-2-6-10-13)16(12)11-7-3-1-4-8-11/h1,3-4,7-8H,2,5-6,9-10H2. The Morgan fingerprint density at radius 1 is 1.06 bits per heavy atom. The van der Waals surface area contributed by atoms with E-state index in [4.69, 9.17) is 0 Å². The quantitative estimate of drug-likeness (QED) is 0.723. The topological polar surface area (TPSA) is 45.0 Å². The molecule has 1 aromatic rings. The molecule has 17 heavy (non-hydrogen) atoms. The molecule has 0 bridgehead atoms. The zero-order valence-electron chi connectivity index (χ0n) is 9.67. The molecule has 1 aliphatic carbocycles. The summed E-state index contributed by atoms with van der Waals surface area (Å²) in [6.07, 6.45) is 5.33. The number of hydrogen-bond acceptors (Lipinski definition) is 2. The molecule has 1 fully saturated rings. The highest BCUT2D eigenvalue weighted by atomic mass is 16.2. The summed E-state index contributed by atoms with van der Waals surface area (Å²) in [6, 6.07) is 9.51.